The lowest BCUT2D eigenvalue weighted by Crippen LogP contribution is -2.14. The van der Waals surface area contributed by atoms with Gasteiger partial charge in [-0.1, -0.05) is 0 Å². The first-order valence-electron chi connectivity index (χ1n) is 4.78. The van der Waals surface area contributed by atoms with Gasteiger partial charge in [-0.2, -0.15) is 0 Å². The van der Waals surface area contributed by atoms with Gasteiger partial charge in [-0.25, -0.2) is 9.36 Å². The van der Waals surface area contributed by atoms with E-state index in [0.717, 1.165) is 0 Å². The van der Waals surface area contributed by atoms with Crippen LogP contribution in [0.5, 0.6) is 11.6 Å². The van der Waals surface area contributed by atoms with E-state index in [1.54, 1.807) is 38.3 Å². The molecule has 0 aliphatic rings. The first-order valence-corrected chi connectivity index (χ1v) is 4.78. The van der Waals surface area contributed by atoms with E-state index in [2.05, 4.69) is 4.98 Å². The molecule has 0 aliphatic heterocycles. The van der Waals surface area contributed by atoms with Crippen LogP contribution in [-0.2, 0) is 0 Å². The van der Waals surface area contributed by atoms with Crippen LogP contribution in [0.25, 0.3) is 5.69 Å². The maximum Gasteiger partial charge on any atom is 0.333 e. The molecule has 0 amide bonds. The molecule has 2 rings (SSSR count). The summed E-state index contributed by atoms with van der Waals surface area (Å²) in [6.07, 6.45) is 0. The van der Waals surface area contributed by atoms with Gasteiger partial charge in [-0.3, -0.25) is 0 Å². The summed E-state index contributed by atoms with van der Waals surface area (Å²) in [6, 6.07) is 6.85. The third-order valence-electron chi connectivity index (χ3n) is 2.38. The number of aromatic amines is 1. The van der Waals surface area contributed by atoms with Crippen LogP contribution in [0.1, 0.15) is 5.69 Å². The Balaban J connectivity index is 2.54. The minimum absolute atomic E-state index is 0.0739. The third kappa shape index (κ3) is 1.56. The van der Waals surface area contributed by atoms with Crippen LogP contribution in [0.15, 0.2) is 29.1 Å². The highest BCUT2D eigenvalue weighted by molar-refractivity contribution is 5.40. The Bertz CT molecular complexity index is 552. The van der Waals surface area contributed by atoms with Gasteiger partial charge in [0, 0.05) is 0 Å². The highest BCUT2D eigenvalue weighted by atomic mass is 16.5. The van der Waals surface area contributed by atoms with Crippen molar-refractivity contribution in [2.45, 2.75) is 6.92 Å². The molecule has 0 aliphatic carbocycles. The average molecular weight is 220 g/mol. The van der Waals surface area contributed by atoms with Gasteiger partial charge in [0.15, 0.2) is 0 Å². The van der Waals surface area contributed by atoms with Crippen LogP contribution in [0.4, 0.5) is 0 Å². The molecule has 0 atom stereocenters. The van der Waals surface area contributed by atoms with E-state index < -0.39 is 0 Å². The molecule has 1 aromatic heterocycles. The molecule has 0 bridgehead atoms. The molecule has 16 heavy (non-hydrogen) atoms. The Morgan fingerprint density at radius 3 is 2.38 bits per heavy atom. The van der Waals surface area contributed by atoms with Crippen molar-refractivity contribution in [1.29, 1.82) is 0 Å². The Morgan fingerprint density at radius 2 is 1.94 bits per heavy atom. The molecule has 2 aromatic rings. The number of hydrogen-bond donors (Lipinski definition) is 2. The summed E-state index contributed by atoms with van der Waals surface area (Å²) in [5.74, 6) is 0.624. The lowest BCUT2D eigenvalue weighted by molar-refractivity contribution is 0.414. The van der Waals surface area contributed by atoms with Crippen molar-refractivity contribution in [3.63, 3.8) is 0 Å². The molecule has 1 heterocycles. The maximum atomic E-state index is 11.5. The number of rotatable bonds is 2. The molecule has 5 heteroatoms. The fraction of sp³-hybridized carbons (Fsp3) is 0.182. The number of ether oxygens (including phenoxy) is 1. The molecular formula is C11H12N2O3. The summed E-state index contributed by atoms with van der Waals surface area (Å²) in [4.78, 5) is 14.1. The first kappa shape index (κ1) is 10.4. The van der Waals surface area contributed by atoms with Gasteiger partial charge in [-0.05, 0) is 31.2 Å². The van der Waals surface area contributed by atoms with Crippen molar-refractivity contribution in [1.82, 2.24) is 9.55 Å². The zero-order chi connectivity index (χ0) is 11.7. The fourth-order valence-electron chi connectivity index (χ4n) is 1.51. The van der Waals surface area contributed by atoms with Crippen molar-refractivity contribution >= 4 is 0 Å². The second-order valence-electron chi connectivity index (χ2n) is 3.41. The minimum Gasteiger partial charge on any atom is -0.497 e. The third-order valence-corrected chi connectivity index (χ3v) is 2.38. The molecule has 0 unspecified atom stereocenters. The normalized spacial score (nSPS) is 10.4. The quantitative estimate of drug-likeness (QED) is 0.798. The molecule has 1 aromatic carbocycles. The summed E-state index contributed by atoms with van der Waals surface area (Å²) in [5.41, 5.74) is 0.675. The molecule has 2 N–H and O–H groups in total. The summed E-state index contributed by atoms with van der Waals surface area (Å²) in [5, 5.41) is 9.70. The van der Waals surface area contributed by atoms with Gasteiger partial charge in [0.1, 0.15) is 5.75 Å². The highest BCUT2D eigenvalue weighted by Crippen LogP contribution is 2.19. The second-order valence-corrected chi connectivity index (χ2v) is 3.41. The maximum absolute atomic E-state index is 11.5. The molecule has 0 radical (unpaired) electrons. The van der Waals surface area contributed by atoms with Gasteiger partial charge >= 0.3 is 5.69 Å². The minimum atomic E-state index is -0.361. The van der Waals surface area contributed by atoms with E-state index in [9.17, 15) is 9.90 Å². The highest BCUT2D eigenvalue weighted by Gasteiger charge is 2.10. The molecule has 0 fully saturated rings. The standard InChI is InChI=1S/C11H12N2O3/c1-7-10(14)13(11(15)12-7)8-3-5-9(16-2)6-4-8/h3-6,14H,1-2H3,(H,12,15). The molecule has 0 spiro atoms. The lowest BCUT2D eigenvalue weighted by Gasteiger charge is -2.04. The van der Waals surface area contributed by atoms with E-state index in [1.807, 2.05) is 0 Å². The van der Waals surface area contributed by atoms with Crippen LogP contribution < -0.4 is 10.4 Å². The predicted molar refractivity (Wildman–Crippen MR) is 59.3 cm³/mol. The van der Waals surface area contributed by atoms with Crippen molar-refractivity contribution < 1.29 is 9.84 Å². The second kappa shape index (κ2) is 3.77. The van der Waals surface area contributed by atoms with E-state index in [4.69, 9.17) is 4.74 Å². The number of methoxy groups -OCH3 is 1. The number of nitrogens with zero attached hydrogens (tertiary/aromatic N) is 1. The summed E-state index contributed by atoms with van der Waals surface area (Å²) in [6.45, 7) is 1.64. The topological polar surface area (TPSA) is 67.2 Å². The van der Waals surface area contributed by atoms with Crippen LogP contribution in [0, 0.1) is 6.92 Å². The number of benzene rings is 1. The average Bonchev–Trinajstić information content (AvgIpc) is 2.54. The summed E-state index contributed by atoms with van der Waals surface area (Å²) in [7, 11) is 1.57. The lowest BCUT2D eigenvalue weighted by atomic mass is 10.3. The fourth-order valence-corrected chi connectivity index (χ4v) is 1.51. The van der Waals surface area contributed by atoms with Gasteiger partial charge < -0.3 is 14.8 Å². The van der Waals surface area contributed by atoms with E-state index >= 15 is 0 Å². The first-order chi connectivity index (χ1) is 7.63. The molecular weight excluding hydrogens is 208 g/mol. The zero-order valence-electron chi connectivity index (χ0n) is 9.02. The van der Waals surface area contributed by atoms with Crippen LogP contribution >= 0.6 is 0 Å². The molecule has 5 nitrogen and oxygen atoms in total. The van der Waals surface area contributed by atoms with Crippen LogP contribution in [-0.4, -0.2) is 21.8 Å². The van der Waals surface area contributed by atoms with Gasteiger partial charge in [0.25, 0.3) is 0 Å². The SMILES string of the molecule is COc1ccc(-n2c(O)c(C)[nH]c2=O)cc1. The molecule has 0 saturated heterocycles. The smallest absolute Gasteiger partial charge is 0.333 e. The van der Waals surface area contributed by atoms with Crippen molar-refractivity contribution in [3.05, 3.63) is 40.4 Å². The number of aromatic hydroxyl groups is 1. The van der Waals surface area contributed by atoms with Crippen molar-refractivity contribution in [2.24, 2.45) is 0 Å². The van der Waals surface area contributed by atoms with Gasteiger partial charge in [-0.15, -0.1) is 0 Å². The number of imidazole rings is 1. The van der Waals surface area contributed by atoms with Crippen molar-refractivity contribution in [2.75, 3.05) is 7.11 Å². The summed E-state index contributed by atoms with van der Waals surface area (Å²) < 4.78 is 6.22. The number of aryl methyl sites for hydroxylation is 1. The number of hydrogen-bond acceptors (Lipinski definition) is 3. The van der Waals surface area contributed by atoms with Crippen molar-refractivity contribution in [3.8, 4) is 17.3 Å². The van der Waals surface area contributed by atoms with Gasteiger partial charge in [0.2, 0.25) is 5.88 Å². The van der Waals surface area contributed by atoms with Crippen LogP contribution in [0.3, 0.4) is 0 Å². The van der Waals surface area contributed by atoms with E-state index in [1.165, 1.54) is 4.57 Å². The Hall–Kier alpha value is -2.17. The number of aromatic nitrogens is 2. The summed E-state index contributed by atoms with van der Waals surface area (Å²) >= 11 is 0. The Kier molecular flexibility index (Phi) is 2.44. The Labute approximate surface area is 91.9 Å². The number of nitrogens with one attached hydrogen (secondary N) is 1. The predicted octanol–water partition coefficient (Wildman–Crippen LogP) is 1.19. The molecule has 0 saturated carbocycles. The largest absolute Gasteiger partial charge is 0.497 e. The van der Waals surface area contributed by atoms with Crippen LogP contribution in [0.2, 0.25) is 0 Å². The van der Waals surface area contributed by atoms with Gasteiger partial charge in [0.05, 0.1) is 18.5 Å². The monoisotopic (exact) mass is 220 g/mol. The zero-order valence-corrected chi connectivity index (χ0v) is 9.02. The number of H-pyrrole nitrogens is 1. The van der Waals surface area contributed by atoms with E-state index in [-0.39, 0.29) is 11.6 Å². The van der Waals surface area contributed by atoms with E-state index in [0.29, 0.717) is 17.1 Å². The molecule has 84 valence electrons. The Morgan fingerprint density at radius 1 is 1.31 bits per heavy atom.